The van der Waals surface area contributed by atoms with Gasteiger partial charge in [-0.2, -0.15) is 5.10 Å². The van der Waals surface area contributed by atoms with Crippen LogP contribution >= 0.6 is 0 Å². The Morgan fingerprint density at radius 3 is 3.11 bits per heavy atom. The van der Waals surface area contributed by atoms with Gasteiger partial charge in [0.05, 0.1) is 0 Å². The first-order chi connectivity index (χ1) is 9.12. The lowest BCUT2D eigenvalue weighted by atomic mass is 9.77. The lowest BCUT2D eigenvalue weighted by Crippen LogP contribution is -2.65. The molecule has 0 saturated carbocycles. The largest absolute Gasteiger partial charge is 0.332 e. The number of piperidine rings is 2. The van der Waals surface area contributed by atoms with Crippen LogP contribution in [0.2, 0.25) is 0 Å². The number of aromatic nitrogens is 2. The maximum atomic E-state index is 12.7. The third kappa shape index (κ3) is 2.06. The number of rotatable bonds is 1. The van der Waals surface area contributed by atoms with Crippen molar-refractivity contribution in [2.24, 2.45) is 7.05 Å². The summed E-state index contributed by atoms with van der Waals surface area (Å²) in [5.41, 5.74) is 0.778. The van der Waals surface area contributed by atoms with E-state index < -0.39 is 0 Å². The molecule has 1 aromatic rings. The molecule has 0 unspecified atom stereocenters. The Balaban J connectivity index is 1.87. The average molecular weight is 262 g/mol. The Labute approximate surface area is 114 Å². The summed E-state index contributed by atoms with van der Waals surface area (Å²) >= 11 is 0. The number of carbonyl (C=O) groups excluding carboxylic acids is 1. The van der Waals surface area contributed by atoms with Gasteiger partial charge >= 0.3 is 0 Å². The predicted molar refractivity (Wildman–Crippen MR) is 72.9 cm³/mol. The van der Waals surface area contributed by atoms with E-state index in [1.54, 1.807) is 10.9 Å². The van der Waals surface area contributed by atoms with Crippen LogP contribution in [0.25, 0.3) is 0 Å². The second kappa shape index (κ2) is 4.63. The van der Waals surface area contributed by atoms with E-state index in [0.29, 0.717) is 11.7 Å². The minimum absolute atomic E-state index is 0.0880. The van der Waals surface area contributed by atoms with Gasteiger partial charge in [-0.3, -0.25) is 9.48 Å². The predicted octanol–water partition coefficient (Wildman–Crippen LogP) is 1.17. The molecule has 19 heavy (non-hydrogen) atoms. The fourth-order valence-electron chi connectivity index (χ4n) is 3.61. The van der Waals surface area contributed by atoms with Crippen LogP contribution in [0.4, 0.5) is 0 Å². The number of nitrogens with one attached hydrogen (secondary N) is 1. The van der Waals surface area contributed by atoms with Crippen LogP contribution in [0.15, 0.2) is 12.3 Å². The third-order valence-electron chi connectivity index (χ3n) is 4.69. The van der Waals surface area contributed by atoms with Gasteiger partial charge in [-0.05, 0) is 45.2 Å². The first-order valence-electron chi connectivity index (χ1n) is 7.16. The van der Waals surface area contributed by atoms with Gasteiger partial charge < -0.3 is 10.2 Å². The van der Waals surface area contributed by atoms with Crippen molar-refractivity contribution in [1.29, 1.82) is 0 Å². The highest BCUT2D eigenvalue weighted by atomic mass is 16.2. The highest BCUT2D eigenvalue weighted by Gasteiger charge is 2.44. The summed E-state index contributed by atoms with van der Waals surface area (Å²) in [6.07, 6.45) is 6.18. The molecule has 0 aromatic carbocycles. The Morgan fingerprint density at radius 2 is 2.37 bits per heavy atom. The SMILES string of the molecule is Cn1nccc1C(=O)N1CCC[C@]2(C)NCCC[C@@H]12. The lowest BCUT2D eigenvalue weighted by Gasteiger charge is -2.51. The Morgan fingerprint density at radius 1 is 1.53 bits per heavy atom. The highest BCUT2D eigenvalue weighted by Crippen LogP contribution is 2.33. The molecule has 0 aliphatic carbocycles. The minimum Gasteiger partial charge on any atom is -0.332 e. The molecule has 0 spiro atoms. The van der Waals surface area contributed by atoms with Gasteiger partial charge in [-0.25, -0.2) is 0 Å². The molecule has 3 heterocycles. The van der Waals surface area contributed by atoms with E-state index in [1.165, 1.54) is 0 Å². The van der Waals surface area contributed by atoms with Crippen LogP contribution in [-0.2, 0) is 7.05 Å². The van der Waals surface area contributed by atoms with Crippen molar-refractivity contribution < 1.29 is 4.79 Å². The summed E-state index contributed by atoms with van der Waals surface area (Å²) in [5, 5.41) is 7.73. The molecule has 1 amide bonds. The number of hydrogen-bond donors (Lipinski definition) is 1. The number of amides is 1. The molecule has 2 fully saturated rings. The quantitative estimate of drug-likeness (QED) is 0.826. The number of carbonyl (C=O) groups is 1. The van der Waals surface area contributed by atoms with E-state index in [0.717, 1.165) is 38.8 Å². The smallest absolute Gasteiger partial charge is 0.272 e. The Bertz CT molecular complexity index is 480. The van der Waals surface area contributed by atoms with E-state index in [4.69, 9.17) is 0 Å². The summed E-state index contributed by atoms with van der Waals surface area (Å²) in [5.74, 6) is 0.125. The van der Waals surface area contributed by atoms with Crippen LogP contribution in [0.3, 0.4) is 0 Å². The third-order valence-corrected chi connectivity index (χ3v) is 4.69. The number of nitrogens with zero attached hydrogens (tertiary/aromatic N) is 3. The Hall–Kier alpha value is -1.36. The van der Waals surface area contributed by atoms with Crippen molar-refractivity contribution in [3.63, 3.8) is 0 Å². The van der Waals surface area contributed by atoms with Gasteiger partial charge in [0, 0.05) is 31.4 Å². The summed E-state index contributed by atoms with van der Waals surface area (Å²) in [7, 11) is 1.83. The number of likely N-dealkylation sites (tertiary alicyclic amines) is 1. The topological polar surface area (TPSA) is 50.2 Å². The average Bonchev–Trinajstić information content (AvgIpc) is 2.82. The molecule has 0 radical (unpaired) electrons. The molecule has 2 aliphatic rings. The molecular weight excluding hydrogens is 240 g/mol. The second-order valence-corrected chi connectivity index (χ2v) is 5.94. The zero-order chi connectivity index (χ0) is 13.5. The van der Waals surface area contributed by atoms with Crippen molar-refractivity contribution in [2.45, 2.75) is 44.2 Å². The first-order valence-corrected chi connectivity index (χ1v) is 7.16. The Kier molecular flexibility index (Phi) is 3.09. The number of aryl methyl sites for hydroxylation is 1. The molecule has 2 aliphatic heterocycles. The van der Waals surface area contributed by atoms with E-state index in [9.17, 15) is 4.79 Å². The van der Waals surface area contributed by atoms with Crippen LogP contribution < -0.4 is 5.32 Å². The summed E-state index contributed by atoms with van der Waals surface area (Å²) < 4.78 is 1.67. The van der Waals surface area contributed by atoms with Gasteiger partial charge in [-0.1, -0.05) is 0 Å². The fourth-order valence-corrected chi connectivity index (χ4v) is 3.61. The van der Waals surface area contributed by atoms with Crippen LogP contribution in [-0.4, -0.2) is 45.3 Å². The first kappa shape index (κ1) is 12.7. The molecule has 2 saturated heterocycles. The number of fused-ring (bicyclic) bond motifs is 1. The zero-order valence-electron chi connectivity index (χ0n) is 11.7. The molecule has 3 rings (SSSR count). The van der Waals surface area contributed by atoms with Crippen molar-refractivity contribution in [3.05, 3.63) is 18.0 Å². The van der Waals surface area contributed by atoms with Crippen LogP contribution in [0.5, 0.6) is 0 Å². The summed E-state index contributed by atoms with van der Waals surface area (Å²) in [6, 6.07) is 2.13. The minimum atomic E-state index is 0.0880. The summed E-state index contributed by atoms with van der Waals surface area (Å²) in [4.78, 5) is 14.8. The molecule has 2 atom stereocenters. The maximum Gasteiger partial charge on any atom is 0.272 e. The van der Waals surface area contributed by atoms with Crippen LogP contribution in [0.1, 0.15) is 43.1 Å². The standard InChI is InChI=1S/C14H22N4O/c1-14-7-4-10-18(12(14)5-3-8-15-14)13(19)11-6-9-16-17(11)2/h6,9,12,15H,3-5,7-8,10H2,1-2H3/t12-,14+/m1/s1. The van der Waals surface area contributed by atoms with Gasteiger partial charge in [0.2, 0.25) is 0 Å². The van der Waals surface area contributed by atoms with Crippen molar-refractivity contribution in [2.75, 3.05) is 13.1 Å². The molecule has 1 aromatic heterocycles. The highest BCUT2D eigenvalue weighted by molar-refractivity contribution is 5.93. The molecule has 1 N–H and O–H groups in total. The van der Waals surface area contributed by atoms with E-state index in [2.05, 4.69) is 22.2 Å². The molecular formula is C14H22N4O. The summed E-state index contributed by atoms with van der Waals surface area (Å²) in [6.45, 7) is 4.20. The molecule has 5 nitrogen and oxygen atoms in total. The van der Waals surface area contributed by atoms with E-state index in [-0.39, 0.29) is 11.4 Å². The van der Waals surface area contributed by atoms with Crippen molar-refractivity contribution in [1.82, 2.24) is 20.0 Å². The maximum absolute atomic E-state index is 12.7. The van der Waals surface area contributed by atoms with E-state index >= 15 is 0 Å². The fraction of sp³-hybridized carbons (Fsp3) is 0.714. The van der Waals surface area contributed by atoms with Crippen molar-refractivity contribution >= 4 is 5.91 Å². The molecule has 104 valence electrons. The molecule has 5 heteroatoms. The monoisotopic (exact) mass is 262 g/mol. The van der Waals surface area contributed by atoms with Gasteiger partial charge in [0.25, 0.3) is 5.91 Å². The van der Waals surface area contributed by atoms with Gasteiger partial charge in [-0.15, -0.1) is 0 Å². The normalized spacial score (nSPS) is 31.1. The second-order valence-electron chi connectivity index (χ2n) is 5.94. The number of hydrogen-bond acceptors (Lipinski definition) is 3. The van der Waals surface area contributed by atoms with Gasteiger partial charge in [0.15, 0.2) is 0 Å². The van der Waals surface area contributed by atoms with Crippen LogP contribution in [0, 0.1) is 0 Å². The zero-order valence-corrected chi connectivity index (χ0v) is 11.7. The molecule has 0 bridgehead atoms. The van der Waals surface area contributed by atoms with Gasteiger partial charge in [0.1, 0.15) is 5.69 Å². The lowest BCUT2D eigenvalue weighted by molar-refractivity contribution is 0.0245. The van der Waals surface area contributed by atoms with E-state index in [1.807, 2.05) is 13.1 Å². The van der Waals surface area contributed by atoms with Crippen molar-refractivity contribution in [3.8, 4) is 0 Å².